The Morgan fingerprint density at radius 2 is 1.26 bits per heavy atom. The Kier molecular flexibility index (Phi) is 13.1. The van der Waals surface area contributed by atoms with E-state index in [1.807, 2.05) is 11.4 Å². The number of nitriles is 1. The number of carboxylic acids is 1. The minimum absolute atomic E-state index is 0.00768. The van der Waals surface area contributed by atoms with Crippen LogP contribution in [0.2, 0.25) is 0 Å². The fraction of sp³-hybridized carbons (Fsp3) is 0.256. The first-order valence-corrected chi connectivity index (χ1v) is 17.8. The van der Waals surface area contributed by atoms with Crippen molar-refractivity contribution in [1.82, 2.24) is 21.3 Å². The molecule has 6 N–H and O–H groups in total. The molecule has 5 amide bonds. The first kappa shape index (κ1) is 37.9. The van der Waals surface area contributed by atoms with Gasteiger partial charge in [0.1, 0.15) is 24.2 Å². The molecule has 0 radical (unpaired) electrons. The second-order valence-corrected chi connectivity index (χ2v) is 13.6. The molecule has 0 unspecified atom stereocenters. The van der Waals surface area contributed by atoms with Crippen LogP contribution in [-0.2, 0) is 54.5 Å². The van der Waals surface area contributed by atoms with Gasteiger partial charge < -0.3 is 31.7 Å². The molecule has 14 heteroatoms. The van der Waals surface area contributed by atoms with Crippen LogP contribution < -0.4 is 26.6 Å². The number of amides is 5. The number of carboxylic acid groups (broad SMARTS) is 1. The fourth-order valence-corrected chi connectivity index (χ4v) is 6.50. The summed E-state index contributed by atoms with van der Waals surface area (Å²) in [5.74, 6) is -4.45. The van der Waals surface area contributed by atoms with Crippen LogP contribution in [0.5, 0.6) is 0 Å². The molecular formula is C39H38N6O7S. The van der Waals surface area contributed by atoms with Gasteiger partial charge in [0.25, 0.3) is 0 Å². The average molecular weight is 735 g/mol. The molecule has 3 aromatic carbocycles. The Labute approximate surface area is 309 Å². The first-order chi connectivity index (χ1) is 25.6. The van der Waals surface area contributed by atoms with Gasteiger partial charge in [-0.1, -0.05) is 60.7 Å². The highest BCUT2D eigenvalue weighted by molar-refractivity contribution is 7.09. The highest BCUT2D eigenvalue weighted by Crippen LogP contribution is 2.16. The number of nitrogens with one attached hydrogen (secondary N) is 5. The van der Waals surface area contributed by atoms with Crippen LogP contribution in [0.3, 0.4) is 0 Å². The predicted octanol–water partition coefficient (Wildman–Crippen LogP) is 2.65. The van der Waals surface area contributed by atoms with E-state index in [9.17, 15) is 39.1 Å². The lowest BCUT2D eigenvalue weighted by molar-refractivity contribution is -0.142. The monoisotopic (exact) mass is 734 g/mol. The Hall–Kier alpha value is -6.33. The highest BCUT2D eigenvalue weighted by atomic mass is 32.1. The van der Waals surface area contributed by atoms with Crippen molar-refractivity contribution >= 4 is 52.5 Å². The van der Waals surface area contributed by atoms with Crippen molar-refractivity contribution in [2.45, 2.75) is 62.7 Å². The number of benzene rings is 3. The molecule has 1 aromatic heterocycles. The molecule has 0 spiro atoms. The van der Waals surface area contributed by atoms with E-state index < -0.39 is 59.7 Å². The molecule has 0 saturated heterocycles. The minimum Gasteiger partial charge on any atom is -0.480 e. The summed E-state index contributed by atoms with van der Waals surface area (Å²) in [5.41, 5.74) is 2.67. The summed E-state index contributed by atoms with van der Waals surface area (Å²) in [7, 11) is 0. The van der Waals surface area contributed by atoms with Gasteiger partial charge in [0.05, 0.1) is 11.6 Å². The molecule has 272 valence electrons. The topological polar surface area (TPSA) is 207 Å². The van der Waals surface area contributed by atoms with Crippen molar-refractivity contribution in [3.8, 4) is 6.07 Å². The van der Waals surface area contributed by atoms with Crippen LogP contribution in [0, 0.1) is 11.3 Å². The number of hydrogen-bond acceptors (Lipinski definition) is 8. The highest BCUT2D eigenvalue weighted by Gasteiger charge is 2.32. The third kappa shape index (κ3) is 11.3. The first-order valence-electron chi connectivity index (χ1n) is 16.9. The van der Waals surface area contributed by atoms with Crippen LogP contribution >= 0.6 is 11.3 Å². The van der Waals surface area contributed by atoms with Crippen LogP contribution in [0.25, 0.3) is 0 Å². The van der Waals surface area contributed by atoms with Crippen molar-refractivity contribution < 1.29 is 33.9 Å². The van der Waals surface area contributed by atoms with E-state index >= 15 is 0 Å². The average Bonchev–Trinajstić information content (AvgIpc) is 3.67. The van der Waals surface area contributed by atoms with Gasteiger partial charge in [-0.3, -0.25) is 24.0 Å². The Balaban J connectivity index is 1.50. The van der Waals surface area contributed by atoms with Crippen LogP contribution in [0.4, 0.5) is 5.69 Å². The maximum atomic E-state index is 14.2. The second kappa shape index (κ2) is 18.2. The number of aliphatic carboxylic acids is 1. The third-order valence-electron chi connectivity index (χ3n) is 8.58. The van der Waals surface area contributed by atoms with Gasteiger partial charge in [-0.2, -0.15) is 5.26 Å². The number of rotatable bonds is 7. The molecule has 4 aromatic rings. The van der Waals surface area contributed by atoms with Gasteiger partial charge in [0, 0.05) is 49.1 Å². The smallest absolute Gasteiger partial charge is 0.326 e. The molecule has 6 rings (SSSR count). The summed E-state index contributed by atoms with van der Waals surface area (Å²) in [6.45, 7) is 0. The SMILES string of the molecule is N#Cc1ccc(C[C@@H]2NC(=O)[C@@H](Cc3cccs3)NC(=O)CCC(=O)Nc3ccc(cc3)C[C@@H](C(=O)O)NC(=O)[C@@H](Cc3ccccc3)NC2=O)cc1. The van der Waals surface area contributed by atoms with Gasteiger partial charge in [0.15, 0.2) is 0 Å². The lowest BCUT2D eigenvalue weighted by atomic mass is 10.0. The van der Waals surface area contributed by atoms with Crippen LogP contribution in [0.15, 0.2) is 96.4 Å². The minimum atomic E-state index is -1.36. The molecule has 53 heavy (non-hydrogen) atoms. The third-order valence-corrected chi connectivity index (χ3v) is 9.48. The summed E-state index contributed by atoms with van der Waals surface area (Å²) in [4.78, 5) is 81.0. The van der Waals surface area contributed by atoms with Gasteiger partial charge in [-0.15, -0.1) is 11.3 Å². The summed E-state index contributed by atoms with van der Waals surface area (Å²) < 4.78 is 0. The maximum absolute atomic E-state index is 14.2. The van der Waals surface area contributed by atoms with E-state index in [2.05, 4.69) is 26.6 Å². The van der Waals surface area contributed by atoms with Gasteiger partial charge in [0.2, 0.25) is 29.5 Å². The van der Waals surface area contributed by atoms with Crippen molar-refractivity contribution in [1.29, 1.82) is 5.26 Å². The van der Waals surface area contributed by atoms with Gasteiger partial charge in [-0.25, -0.2) is 4.79 Å². The normalized spacial score (nSPS) is 20.4. The lowest BCUT2D eigenvalue weighted by Gasteiger charge is -2.26. The molecular weight excluding hydrogens is 697 g/mol. The molecule has 0 aliphatic carbocycles. The lowest BCUT2D eigenvalue weighted by Crippen LogP contribution is -2.59. The molecule has 2 aliphatic rings. The molecule has 0 saturated carbocycles. The zero-order valence-corrected chi connectivity index (χ0v) is 29.4. The summed E-state index contributed by atoms with van der Waals surface area (Å²) in [6.07, 6.45) is -0.424. The Morgan fingerprint density at radius 3 is 1.85 bits per heavy atom. The predicted molar refractivity (Wildman–Crippen MR) is 196 cm³/mol. The number of hydrogen-bond donors (Lipinski definition) is 6. The van der Waals surface area contributed by atoms with Gasteiger partial charge in [-0.05, 0) is 52.4 Å². The van der Waals surface area contributed by atoms with E-state index in [-0.39, 0.29) is 38.5 Å². The van der Waals surface area contributed by atoms with E-state index in [1.54, 1.807) is 91.0 Å². The largest absolute Gasteiger partial charge is 0.480 e. The molecule has 2 bridgehead atoms. The summed E-state index contributed by atoms with van der Waals surface area (Å²) in [6, 6.07) is 22.4. The van der Waals surface area contributed by atoms with E-state index in [0.29, 0.717) is 27.9 Å². The second-order valence-electron chi connectivity index (χ2n) is 12.6. The number of anilines is 1. The molecule has 4 atom stereocenters. The van der Waals surface area contributed by atoms with E-state index in [4.69, 9.17) is 0 Å². The Morgan fingerprint density at radius 1 is 0.679 bits per heavy atom. The standard InChI is InChI=1S/C39H38N6O7S/c40-23-27-10-8-25(9-11-27)20-31-36(48)43-30(19-24-5-2-1-3-6-24)37(49)45-33(39(51)52)21-26-12-14-28(15-13-26)41-34(46)16-17-35(47)42-32(38(50)44-31)22-29-7-4-18-53-29/h1-15,18,30-33H,16-17,19-22H2,(H,41,46)(H,42,47)(H,43,48)(H,44,50)(H,45,49)(H,51,52)/t30-,31+,32-,33+/m1/s1. The number of fused-ring (bicyclic) bond motifs is 18. The van der Waals surface area contributed by atoms with Crippen molar-refractivity contribution in [3.63, 3.8) is 0 Å². The van der Waals surface area contributed by atoms with Gasteiger partial charge >= 0.3 is 5.97 Å². The number of carbonyl (C=O) groups is 6. The molecule has 3 heterocycles. The zero-order chi connectivity index (χ0) is 37.7. The molecule has 13 nitrogen and oxygen atoms in total. The zero-order valence-electron chi connectivity index (χ0n) is 28.5. The number of carbonyl (C=O) groups excluding carboxylic acids is 5. The molecule has 2 aliphatic heterocycles. The van der Waals surface area contributed by atoms with E-state index in [1.165, 1.54) is 11.3 Å². The quantitative estimate of drug-likeness (QED) is 0.155. The van der Waals surface area contributed by atoms with E-state index in [0.717, 1.165) is 4.88 Å². The van der Waals surface area contributed by atoms with Crippen LogP contribution in [0.1, 0.15) is 40.0 Å². The van der Waals surface area contributed by atoms with Crippen molar-refractivity contribution in [2.24, 2.45) is 0 Å². The Bertz CT molecular complexity index is 1960. The number of nitrogens with zero attached hydrogens (tertiary/aromatic N) is 1. The molecule has 0 fully saturated rings. The van der Waals surface area contributed by atoms with Crippen molar-refractivity contribution in [3.05, 3.63) is 124 Å². The summed E-state index contributed by atoms with van der Waals surface area (Å²) >= 11 is 1.38. The maximum Gasteiger partial charge on any atom is 0.326 e. The van der Waals surface area contributed by atoms with Crippen LogP contribution in [-0.4, -0.2) is 64.8 Å². The fourth-order valence-electron chi connectivity index (χ4n) is 5.75. The van der Waals surface area contributed by atoms with Crippen molar-refractivity contribution in [2.75, 3.05) is 5.32 Å². The summed E-state index contributed by atoms with van der Waals surface area (Å²) in [5, 5.41) is 34.7. The number of thiophene rings is 1.